The number of thiocarbonyl (C=S) groups is 1. The predicted octanol–water partition coefficient (Wildman–Crippen LogP) is 3.56. The monoisotopic (exact) mass is 246 g/mol. The number of ether oxygens (including phenoxy) is 1. The van der Waals surface area contributed by atoms with Gasteiger partial charge < -0.3 is 9.84 Å². The highest BCUT2D eigenvalue weighted by Gasteiger charge is 2.02. The molecule has 4 heteroatoms. The van der Waals surface area contributed by atoms with Crippen LogP contribution in [0.25, 0.3) is 0 Å². The Kier molecular flexibility index (Phi) is 10.4. The minimum atomic E-state index is -0.828. The van der Waals surface area contributed by atoms with Gasteiger partial charge >= 0.3 is 5.97 Å². The van der Waals surface area contributed by atoms with Crippen molar-refractivity contribution in [3.63, 3.8) is 0 Å². The van der Waals surface area contributed by atoms with Crippen molar-refractivity contribution in [3.8, 4) is 0 Å². The molecule has 0 saturated heterocycles. The SMILES string of the molecule is CCCCCCCCOC(=S)CCC(=O)O. The van der Waals surface area contributed by atoms with Gasteiger partial charge in [-0.2, -0.15) is 0 Å². The van der Waals surface area contributed by atoms with Crippen molar-refractivity contribution in [1.29, 1.82) is 0 Å². The van der Waals surface area contributed by atoms with Crippen molar-refractivity contribution < 1.29 is 14.6 Å². The quantitative estimate of drug-likeness (QED) is 0.473. The van der Waals surface area contributed by atoms with Crippen LogP contribution in [0.15, 0.2) is 0 Å². The molecule has 0 aromatic carbocycles. The molecule has 0 atom stereocenters. The average molecular weight is 246 g/mol. The molecule has 0 amide bonds. The third kappa shape index (κ3) is 11.4. The first kappa shape index (κ1) is 15.4. The van der Waals surface area contributed by atoms with Gasteiger partial charge in [0.1, 0.15) is 0 Å². The van der Waals surface area contributed by atoms with Crippen LogP contribution in [0.4, 0.5) is 0 Å². The maximum atomic E-state index is 10.3. The molecule has 0 saturated carbocycles. The van der Waals surface area contributed by atoms with Gasteiger partial charge in [0.2, 0.25) is 0 Å². The summed E-state index contributed by atoms with van der Waals surface area (Å²) >= 11 is 4.91. The maximum absolute atomic E-state index is 10.3. The van der Waals surface area contributed by atoms with Crippen molar-refractivity contribution in [2.45, 2.75) is 58.3 Å². The first-order valence-electron chi connectivity index (χ1n) is 6.04. The fraction of sp³-hybridized carbons (Fsp3) is 0.833. The van der Waals surface area contributed by atoms with Crippen LogP contribution in [0.3, 0.4) is 0 Å². The summed E-state index contributed by atoms with van der Waals surface area (Å²) < 4.78 is 5.27. The molecule has 0 aromatic heterocycles. The number of hydrogen-bond donors (Lipinski definition) is 1. The zero-order valence-electron chi connectivity index (χ0n) is 10.0. The molecule has 0 radical (unpaired) electrons. The molecule has 0 spiro atoms. The average Bonchev–Trinajstić information content (AvgIpc) is 2.25. The number of unbranched alkanes of at least 4 members (excludes halogenated alkanes) is 5. The lowest BCUT2D eigenvalue weighted by Crippen LogP contribution is -2.06. The van der Waals surface area contributed by atoms with E-state index < -0.39 is 5.97 Å². The molecule has 0 heterocycles. The van der Waals surface area contributed by atoms with Crippen LogP contribution in [-0.4, -0.2) is 22.7 Å². The molecule has 0 fully saturated rings. The van der Waals surface area contributed by atoms with Crippen molar-refractivity contribution in [2.24, 2.45) is 0 Å². The van der Waals surface area contributed by atoms with E-state index in [2.05, 4.69) is 6.92 Å². The van der Waals surface area contributed by atoms with Gasteiger partial charge in [-0.15, -0.1) is 0 Å². The lowest BCUT2D eigenvalue weighted by atomic mass is 10.1. The molecule has 16 heavy (non-hydrogen) atoms. The lowest BCUT2D eigenvalue weighted by molar-refractivity contribution is -0.136. The normalized spacial score (nSPS) is 10.1. The summed E-state index contributed by atoms with van der Waals surface area (Å²) in [5.41, 5.74) is 0. The Morgan fingerprint density at radius 1 is 1.12 bits per heavy atom. The summed E-state index contributed by atoms with van der Waals surface area (Å²) in [4.78, 5) is 10.3. The Balaban J connectivity index is 3.18. The van der Waals surface area contributed by atoms with Crippen LogP contribution < -0.4 is 0 Å². The summed E-state index contributed by atoms with van der Waals surface area (Å²) in [6.07, 6.45) is 7.70. The van der Waals surface area contributed by atoms with Gasteiger partial charge in [0.05, 0.1) is 13.0 Å². The lowest BCUT2D eigenvalue weighted by Gasteiger charge is -2.06. The van der Waals surface area contributed by atoms with Gasteiger partial charge in [0.25, 0.3) is 0 Å². The van der Waals surface area contributed by atoms with Crippen LogP contribution in [0.1, 0.15) is 58.3 Å². The van der Waals surface area contributed by atoms with Crippen molar-refractivity contribution in [1.82, 2.24) is 0 Å². The fourth-order valence-corrected chi connectivity index (χ4v) is 1.53. The van der Waals surface area contributed by atoms with Crippen LogP contribution in [0.5, 0.6) is 0 Å². The molecular formula is C12H22O3S. The molecule has 1 N–H and O–H groups in total. The Hall–Kier alpha value is -0.640. The van der Waals surface area contributed by atoms with E-state index in [0.717, 1.165) is 6.42 Å². The van der Waals surface area contributed by atoms with E-state index in [1.54, 1.807) is 0 Å². The summed E-state index contributed by atoms with van der Waals surface area (Å²) in [5, 5.41) is 8.87. The Labute approximate surface area is 103 Å². The predicted molar refractivity (Wildman–Crippen MR) is 68.8 cm³/mol. The van der Waals surface area contributed by atoms with Crippen molar-refractivity contribution in [3.05, 3.63) is 0 Å². The largest absolute Gasteiger partial charge is 0.487 e. The second-order valence-corrected chi connectivity index (χ2v) is 4.34. The molecular weight excluding hydrogens is 224 g/mol. The second kappa shape index (κ2) is 10.9. The molecule has 3 nitrogen and oxygen atoms in total. The highest BCUT2D eigenvalue weighted by molar-refractivity contribution is 7.80. The van der Waals surface area contributed by atoms with Gasteiger partial charge in [-0.05, 0) is 18.6 Å². The number of rotatable bonds is 10. The molecule has 0 aromatic rings. The van der Waals surface area contributed by atoms with Crippen LogP contribution in [0, 0.1) is 0 Å². The highest BCUT2D eigenvalue weighted by atomic mass is 32.1. The van der Waals surface area contributed by atoms with Gasteiger partial charge in [0, 0.05) is 6.42 Å². The van der Waals surface area contributed by atoms with Gasteiger partial charge in [-0.3, -0.25) is 4.79 Å². The summed E-state index contributed by atoms with van der Waals surface area (Å²) in [7, 11) is 0. The topological polar surface area (TPSA) is 46.5 Å². The van der Waals surface area contributed by atoms with Crippen LogP contribution in [-0.2, 0) is 9.53 Å². The fourth-order valence-electron chi connectivity index (χ4n) is 1.35. The van der Waals surface area contributed by atoms with E-state index in [9.17, 15) is 4.79 Å². The smallest absolute Gasteiger partial charge is 0.303 e. The number of carbonyl (C=O) groups is 1. The van der Waals surface area contributed by atoms with E-state index in [1.165, 1.54) is 32.1 Å². The molecule has 0 rings (SSSR count). The minimum Gasteiger partial charge on any atom is -0.487 e. The summed E-state index contributed by atoms with van der Waals surface area (Å²) in [6, 6.07) is 0. The third-order valence-corrected chi connectivity index (χ3v) is 2.63. The molecule has 0 unspecified atom stereocenters. The van der Waals surface area contributed by atoms with Crippen molar-refractivity contribution in [2.75, 3.05) is 6.61 Å². The Morgan fingerprint density at radius 2 is 1.75 bits per heavy atom. The standard InChI is InChI=1S/C12H22O3S/c1-2-3-4-5-6-7-10-15-12(16)9-8-11(13)14/h2-10H2,1H3,(H,13,14). The Morgan fingerprint density at radius 3 is 2.38 bits per heavy atom. The van der Waals surface area contributed by atoms with Crippen LogP contribution >= 0.6 is 12.2 Å². The van der Waals surface area contributed by atoms with Gasteiger partial charge in [-0.1, -0.05) is 39.0 Å². The maximum Gasteiger partial charge on any atom is 0.303 e. The van der Waals surface area contributed by atoms with Gasteiger partial charge in [0.15, 0.2) is 5.05 Å². The summed E-state index contributed by atoms with van der Waals surface area (Å²) in [5.74, 6) is -0.828. The third-order valence-electron chi connectivity index (χ3n) is 2.30. The van der Waals surface area contributed by atoms with Gasteiger partial charge in [-0.25, -0.2) is 0 Å². The number of carboxylic acid groups (broad SMARTS) is 1. The number of carboxylic acids is 1. The molecule has 0 aliphatic carbocycles. The molecule has 0 bridgehead atoms. The minimum absolute atomic E-state index is 0.0648. The number of hydrogen-bond acceptors (Lipinski definition) is 3. The zero-order chi connectivity index (χ0) is 12.2. The van der Waals surface area contributed by atoms with Crippen LogP contribution in [0.2, 0.25) is 0 Å². The zero-order valence-corrected chi connectivity index (χ0v) is 10.9. The Bertz CT molecular complexity index is 204. The van der Waals surface area contributed by atoms with E-state index in [0.29, 0.717) is 18.1 Å². The van der Waals surface area contributed by atoms with E-state index in [-0.39, 0.29) is 6.42 Å². The summed E-state index contributed by atoms with van der Waals surface area (Å²) in [6.45, 7) is 2.83. The number of aliphatic carboxylic acids is 1. The highest BCUT2D eigenvalue weighted by Crippen LogP contribution is 2.05. The van der Waals surface area contributed by atoms with E-state index in [1.807, 2.05) is 0 Å². The first-order chi connectivity index (χ1) is 7.66. The molecule has 0 aliphatic heterocycles. The molecule has 0 aliphatic rings. The molecule has 94 valence electrons. The van der Waals surface area contributed by atoms with Crippen molar-refractivity contribution >= 4 is 23.2 Å². The van der Waals surface area contributed by atoms with E-state index >= 15 is 0 Å². The second-order valence-electron chi connectivity index (χ2n) is 3.88. The van der Waals surface area contributed by atoms with E-state index in [4.69, 9.17) is 22.1 Å². The first-order valence-corrected chi connectivity index (χ1v) is 6.45.